The Labute approximate surface area is 122 Å². The molecule has 0 unspecified atom stereocenters. The summed E-state index contributed by atoms with van der Waals surface area (Å²) in [6, 6.07) is 7.92. The van der Waals surface area contributed by atoms with Crippen LogP contribution in [0.3, 0.4) is 0 Å². The van der Waals surface area contributed by atoms with Crippen LogP contribution in [0.1, 0.15) is 33.3 Å². The van der Waals surface area contributed by atoms with Crippen LogP contribution in [-0.4, -0.2) is 30.9 Å². The quantitative estimate of drug-likeness (QED) is 0.771. The number of rotatable bonds is 5. The zero-order chi connectivity index (χ0) is 15.3. The fourth-order valence-corrected chi connectivity index (χ4v) is 1.65. The van der Waals surface area contributed by atoms with Gasteiger partial charge in [-0.25, -0.2) is 0 Å². The average Bonchev–Trinajstić information content (AvgIpc) is 2.35. The summed E-state index contributed by atoms with van der Waals surface area (Å²) < 4.78 is 5.66. The van der Waals surface area contributed by atoms with Crippen LogP contribution in [0.4, 0.5) is 0 Å². The largest absolute Gasteiger partial charge is 0.483 e. The molecule has 0 amide bonds. The SMILES string of the molecule is C[C@H](Oc1ccc(C(C)(C)C)cc1)C(=O)/C=C/N(C)C. The monoisotopic (exact) mass is 275 g/mol. The molecule has 0 N–H and O–H groups in total. The van der Waals surface area contributed by atoms with Gasteiger partial charge in [0.05, 0.1) is 0 Å². The first-order valence-electron chi connectivity index (χ1n) is 6.86. The summed E-state index contributed by atoms with van der Waals surface area (Å²) in [6.45, 7) is 8.27. The minimum atomic E-state index is -0.480. The molecule has 3 nitrogen and oxygen atoms in total. The lowest BCUT2D eigenvalue weighted by Gasteiger charge is -2.19. The van der Waals surface area contributed by atoms with E-state index in [9.17, 15) is 4.79 Å². The van der Waals surface area contributed by atoms with Crippen molar-refractivity contribution in [1.29, 1.82) is 0 Å². The number of nitrogens with zero attached hydrogens (tertiary/aromatic N) is 1. The molecule has 0 spiro atoms. The van der Waals surface area contributed by atoms with Crippen LogP contribution < -0.4 is 4.74 Å². The van der Waals surface area contributed by atoms with Crippen molar-refractivity contribution in [3.8, 4) is 5.75 Å². The highest BCUT2D eigenvalue weighted by Gasteiger charge is 2.15. The van der Waals surface area contributed by atoms with Gasteiger partial charge in [-0.05, 0) is 30.0 Å². The highest BCUT2D eigenvalue weighted by molar-refractivity contribution is 5.93. The maximum atomic E-state index is 11.8. The van der Waals surface area contributed by atoms with Crippen molar-refractivity contribution < 1.29 is 9.53 Å². The Balaban J connectivity index is 2.67. The third-order valence-corrected chi connectivity index (χ3v) is 2.97. The average molecular weight is 275 g/mol. The van der Waals surface area contributed by atoms with E-state index < -0.39 is 6.10 Å². The topological polar surface area (TPSA) is 29.5 Å². The number of benzene rings is 1. The van der Waals surface area contributed by atoms with Gasteiger partial charge in [-0.1, -0.05) is 32.9 Å². The fourth-order valence-electron chi connectivity index (χ4n) is 1.65. The number of ketones is 1. The third kappa shape index (κ3) is 5.08. The van der Waals surface area contributed by atoms with Crippen LogP contribution in [0.2, 0.25) is 0 Å². The Morgan fingerprint density at radius 2 is 1.75 bits per heavy atom. The molecule has 0 radical (unpaired) electrons. The Morgan fingerprint density at radius 3 is 2.20 bits per heavy atom. The van der Waals surface area contributed by atoms with E-state index in [2.05, 4.69) is 20.8 Å². The van der Waals surface area contributed by atoms with Gasteiger partial charge in [0.1, 0.15) is 5.75 Å². The van der Waals surface area contributed by atoms with Gasteiger partial charge in [-0.3, -0.25) is 4.79 Å². The summed E-state index contributed by atoms with van der Waals surface area (Å²) in [7, 11) is 3.75. The van der Waals surface area contributed by atoms with Gasteiger partial charge < -0.3 is 9.64 Å². The lowest BCUT2D eigenvalue weighted by molar-refractivity contribution is -0.120. The van der Waals surface area contributed by atoms with E-state index in [-0.39, 0.29) is 11.2 Å². The Hall–Kier alpha value is -1.77. The summed E-state index contributed by atoms with van der Waals surface area (Å²) in [5.74, 6) is 0.677. The second-order valence-electron chi connectivity index (χ2n) is 6.22. The van der Waals surface area contributed by atoms with E-state index in [0.29, 0.717) is 0 Å². The van der Waals surface area contributed by atoms with Crippen LogP contribution in [-0.2, 0) is 10.2 Å². The molecule has 1 aromatic rings. The van der Waals surface area contributed by atoms with E-state index in [1.807, 2.05) is 43.3 Å². The minimum Gasteiger partial charge on any atom is -0.483 e. The van der Waals surface area contributed by atoms with Crippen molar-refractivity contribution in [2.45, 2.75) is 39.2 Å². The summed E-state index contributed by atoms with van der Waals surface area (Å²) >= 11 is 0. The third-order valence-electron chi connectivity index (χ3n) is 2.97. The number of hydrogen-bond acceptors (Lipinski definition) is 3. The van der Waals surface area contributed by atoms with Crippen LogP contribution in [0.5, 0.6) is 5.75 Å². The lowest BCUT2D eigenvalue weighted by Crippen LogP contribution is -2.22. The Kier molecular flexibility index (Phi) is 5.37. The Morgan fingerprint density at radius 1 is 1.20 bits per heavy atom. The molecule has 20 heavy (non-hydrogen) atoms. The van der Waals surface area contributed by atoms with E-state index >= 15 is 0 Å². The van der Waals surface area contributed by atoms with Crippen LogP contribution in [0.15, 0.2) is 36.5 Å². The van der Waals surface area contributed by atoms with Gasteiger partial charge in [-0.15, -0.1) is 0 Å². The molecule has 1 atom stereocenters. The molecule has 1 rings (SSSR count). The first kappa shape index (κ1) is 16.3. The summed E-state index contributed by atoms with van der Waals surface area (Å²) in [5, 5.41) is 0. The van der Waals surface area contributed by atoms with Crippen molar-refractivity contribution in [3.63, 3.8) is 0 Å². The van der Waals surface area contributed by atoms with Crippen molar-refractivity contribution in [1.82, 2.24) is 4.90 Å². The lowest BCUT2D eigenvalue weighted by atomic mass is 9.87. The molecule has 0 fully saturated rings. The van der Waals surface area contributed by atoms with Gasteiger partial charge in [0.2, 0.25) is 0 Å². The van der Waals surface area contributed by atoms with Gasteiger partial charge in [-0.2, -0.15) is 0 Å². The van der Waals surface area contributed by atoms with Gasteiger partial charge >= 0.3 is 0 Å². The van der Waals surface area contributed by atoms with E-state index in [4.69, 9.17) is 4.74 Å². The molecule has 0 saturated carbocycles. The van der Waals surface area contributed by atoms with Gasteiger partial charge in [0.15, 0.2) is 11.9 Å². The van der Waals surface area contributed by atoms with Crippen molar-refractivity contribution in [3.05, 3.63) is 42.1 Å². The molecular weight excluding hydrogens is 250 g/mol. The predicted octanol–water partition coefficient (Wildman–Crippen LogP) is 3.40. The van der Waals surface area contributed by atoms with Crippen LogP contribution in [0.25, 0.3) is 0 Å². The van der Waals surface area contributed by atoms with Gasteiger partial charge in [0, 0.05) is 26.4 Å². The molecule has 0 bridgehead atoms. The van der Waals surface area contributed by atoms with Crippen LogP contribution >= 0.6 is 0 Å². The second kappa shape index (κ2) is 6.60. The smallest absolute Gasteiger partial charge is 0.197 e. The molecule has 0 saturated heterocycles. The molecule has 3 heteroatoms. The maximum Gasteiger partial charge on any atom is 0.197 e. The summed E-state index contributed by atoms with van der Waals surface area (Å²) in [4.78, 5) is 13.7. The number of hydrogen-bond donors (Lipinski definition) is 0. The van der Waals surface area contributed by atoms with E-state index in [1.165, 1.54) is 11.6 Å². The van der Waals surface area contributed by atoms with Crippen molar-refractivity contribution in [2.75, 3.05) is 14.1 Å². The van der Waals surface area contributed by atoms with Crippen LogP contribution in [0, 0.1) is 0 Å². The van der Waals surface area contributed by atoms with Crippen molar-refractivity contribution in [2.24, 2.45) is 0 Å². The highest BCUT2D eigenvalue weighted by atomic mass is 16.5. The minimum absolute atomic E-state index is 0.0430. The zero-order valence-electron chi connectivity index (χ0n) is 13.3. The highest BCUT2D eigenvalue weighted by Crippen LogP contribution is 2.24. The molecular formula is C17H25NO2. The Bertz CT molecular complexity index is 467. The number of ether oxygens (including phenoxy) is 1. The maximum absolute atomic E-state index is 11.8. The van der Waals surface area contributed by atoms with Crippen molar-refractivity contribution >= 4 is 5.78 Å². The van der Waals surface area contributed by atoms with Gasteiger partial charge in [0.25, 0.3) is 0 Å². The molecule has 0 heterocycles. The fraction of sp³-hybridized carbons (Fsp3) is 0.471. The number of carbonyl (C=O) groups excluding carboxylic acids is 1. The second-order valence-corrected chi connectivity index (χ2v) is 6.22. The molecule has 0 aliphatic heterocycles. The predicted molar refractivity (Wildman–Crippen MR) is 83.1 cm³/mol. The zero-order valence-corrected chi connectivity index (χ0v) is 13.3. The number of carbonyl (C=O) groups is 1. The summed E-state index contributed by atoms with van der Waals surface area (Å²) in [5.41, 5.74) is 1.37. The molecule has 0 aliphatic carbocycles. The molecule has 0 aromatic heterocycles. The van der Waals surface area contributed by atoms with E-state index in [0.717, 1.165) is 5.75 Å². The summed E-state index contributed by atoms with van der Waals surface area (Å²) in [6.07, 6.45) is 2.78. The standard InChI is InChI=1S/C17H25NO2/c1-13(16(19)11-12-18(5)6)20-15-9-7-14(8-10-15)17(2,3)4/h7-13H,1-6H3/b12-11+/t13-/m0/s1. The first-order chi connectivity index (χ1) is 9.20. The molecule has 1 aromatic carbocycles. The van der Waals surface area contributed by atoms with E-state index in [1.54, 1.807) is 13.1 Å². The normalized spacial score (nSPS) is 13.3. The molecule has 0 aliphatic rings. The first-order valence-corrected chi connectivity index (χ1v) is 6.86. The molecule has 110 valence electrons.